The molecule has 29 heavy (non-hydrogen) atoms. The minimum absolute atomic E-state index is 0. The first-order chi connectivity index (χ1) is 13.7. The quantitative estimate of drug-likeness (QED) is 0.194. The van der Waals surface area contributed by atoms with Gasteiger partial charge in [-0.1, -0.05) is 117 Å². The zero-order valence-corrected chi connectivity index (χ0v) is 20.3. The summed E-state index contributed by atoms with van der Waals surface area (Å²) in [6.07, 6.45) is 24.3. The number of carboxylic acids is 1. The monoisotopic (exact) mass is 403 g/mol. The number of carboxylic acid groups (broad SMARTS) is 1. The zero-order chi connectivity index (χ0) is 20.7. The van der Waals surface area contributed by atoms with Crippen molar-refractivity contribution in [2.45, 2.75) is 136 Å². The molecule has 0 saturated heterocycles. The third-order valence-electron chi connectivity index (χ3n) is 5.79. The van der Waals surface area contributed by atoms with E-state index >= 15 is 0 Å². The number of rotatable bonds is 23. The Kier molecular flexibility index (Phi) is 28.1. The van der Waals surface area contributed by atoms with Crippen molar-refractivity contribution in [3.63, 3.8) is 0 Å². The first-order valence-electron chi connectivity index (χ1n) is 12.6. The van der Waals surface area contributed by atoms with Crippen molar-refractivity contribution in [1.82, 2.24) is 4.90 Å². The second-order valence-corrected chi connectivity index (χ2v) is 8.62. The summed E-state index contributed by atoms with van der Waals surface area (Å²) < 4.78 is 0. The Bertz CT molecular complexity index is 304. The summed E-state index contributed by atoms with van der Waals surface area (Å²) in [7, 11) is 0. The van der Waals surface area contributed by atoms with E-state index in [1.807, 2.05) is 0 Å². The van der Waals surface area contributed by atoms with Gasteiger partial charge >= 0.3 is 18.9 Å². The third kappa shape index (κ3) is 26.0. The fraction of sp³-hybridized carbons (Fsp3) is 0.960. The van der Waals surface area contributed by atoms with E-state index in [2.05, 4.69) is 18.7 Å². The molecule has 4 heteroatoms. The molecule has 168 valence electrons. The first kappa shape index (κ1) is 31.2. The molecule has 0 aliphatic rings. The fourth-order valence-electron chi connectivity index (χ4n) is 3.88. The smallest absolute Gasteiger partial charge is 0.550 e. The van der Waals surface area contributed by atoms with Crippen molar-refractivity contribution >= 4 is 5.97 Å². The van der Waals surface area contributed by atoms with E-state index in [0.29, 0.717) is 6.54 Å². The van der Waals surface area contributed by atoms with Crippen LogP contribution in [-0.4, -0.2) is 30.5 Å². The number of unbranched alkanes of at least 4 members (excludes halogenated alkanes) is 16. The molecule has 0 aromatic heterocycles. The number of carbonyl (C=O) groups excluding carboxylic acids is 1. The Morgan fingerprint density at radius 2 is 0.862 bits per heavy atom. The van der Waals surface area contributed by atoms with Crippen LogP contribution in [0.15, 0.2) is 0 Å². The van der Waals surface area contributed by atoms with E-state index in [9.17, 15) is 9.90 Å². The van der Waals surface area contributed by atoms with Gasteiger partial charge in [0.05, 0.1) is 0 Å². The standard InChI is InChI=1S/C25H51NO2.Li/c1-3-5-7-9-11-13-15-17-19-22-26(24-21-25(27)28)23-20-18-16-14-12-10-8-6-4-2;/h3-24H2,1-2H3,(H,27,28);/q;+1/p-1. The van der Waals surface area contributed by atoms with Crippen LogP contribution in [0.5, 0.6) is 0 Å². The van der Waals surface area contributed by atoms with Crippen LogP contribution < -0.4 is 24.0 Å². The van der Waals surface area contributed by atoms with E-state index in [1.165, 1.54) is 116 Å². The molecule has 0 spiro atoms. The topological polar surface area (TPSA) is 43.4 Å². The van der Waals surface area contributed by atoms with Gasteiger partial charge < -0.3 is 14.8 Å². The molecule has 0 unspecified atom stereocenters. The van der Waals surface area contributed by atoms with Crippen LogP contribution >= 0.6 is 0 Å². The van der Waals surface area contributed by atoms with Crippen LogP contribution in [0.4, 0.5) is 0 Å². The molecule has 3 nitrogen and oxygen atoms in total. The molecule has 0 aliphatic carbocycles. The number of carbonyl (C=O) groups is 1. The molecule has 0 aromatic carbocycles. The Hall–Kier alpha value is 0.0274. The Morgan fingerprint density at radius 3 is 1.17 bits per heavy atom. The molecule has 0 rings (SSSR count). The summed E-state index contributed by atoms with van der Waals surface area (Å²) in [6, 6.07) is 0. The van der Waals surface area contributed by atoms with E-state index < -0.39 is 5.97 Å². The molecule has 0 radical (unpaired) electrons. The Balaban J connectivity index is 0. The average molecular weight is 404 g/mol. The molecule has 0 amide bonds. The van der Waals surface area contributed by atoms with Crippen molar-refractivity contribution in [1.29, 1.82) is 0 Å². The van der Waals surface area contributed by atoms with Crippen LogP contribution in [0.25, 0.3) is 0 Å². The third-order valence-corrected chi connectivity index (χ3v) is 5.79. The number of hydrogen-bond donors (Lipinski definition) is 0. The molecule has 0 heterocycles. The molecule has 0 atom stereocenters. The summed E-state index contributed by atoms with van der Waals surface area (Å²) in [5, 5.41) is 10.8. The Labute approximate surface area is 195 Å². The van der Waals surface area contributed by atoms with Crippen LogP contribution in [0.3, 0.4) is 0 Å². The molecule has 0 N–H and O–H groups in total. The molecule has 0 bridgehead atoms. The molecular formula is C25H50LiNO2. The summed E-state index contributed by atoms with van der Waals surface area (Å²) in [5.74, 6) is -0.913. The average Bonchev–Trinajstić information content (AvgIpc) is 2.68. The van der Waals surface area contributed by atoms with Crippen molar-refractivity contribution in [3.05, 3.63) is 0 Å². The van der Waals surface area contributed by atoms with Gasteiger partial charge in [0.2, 0.25) is 0 Å². The maximum atomic E-state index is 10.8. The van der Waals surface area contributed by atoms with Gasteiger partial charge in [-0.15, -0.1) is 0 Å². The SMILES string of the molecule is CCCCCCCCCCCN(CCCCCCCCCCC)CCC(=O)[O-].[Li+]. The van der Waals surface area contributed by atoms with E-state index in [4.69, 9.17) is 0 Å². The van der Waals surface area contributed by atoms with Crippen LogP contribution in [-0.2, 0) is 4.79 Å². The molecular weight excluding hydrogens is 353 g/mol. The minimum Gasteiger partial charge on any atom is -0.550 e. The minimum atomic E-state index is -0.913. The summed E-state index contributed by atoms with van der Waals surface area (Å²) in [5.41, 5.74) is 0. The molecule has 0 fully saturated rings. The van der Waals surface area contributed by atoms with Crippen molar-refractivity contribution < 1.29 is 28.8 Å². The normalized spacial score (nSPS) is 11.0. The summed E-state index contributed by atoms with van der Waals surface area (Å²) in [4.78, 5) is 13.2. The van der Waals surface area contributed by atoms with Crippen molar-refractivity contribution in [2.75, 3.05) is 19.6 Å². The van der Waals surface area contributed by atoms with Gasteiger partial charge in [-0.25, -0.2) is 0 Å². The second-order valence-electron chi connectivity index (χ2n) is 8.62. The summed E-state index contributed by atoms with van der Waals surface area (Å²) >= 11 is 0. The number of hydrogen-bond acceptors (Lipinski definition) is 3. The Morgan fingerprint density at radius 1 is 0.552 bits per heavy atom. The van der Waals surface area contributed by atoms with E-state index in [0.717, 1.165) is 13.1 Å². The number of nitrogens with zero attached hydrogens (tertiary/aromatic N) is 1. The van der Waals surface area contributed by atoms with Gasteiger partial charge in [-0.2, -0.15) is 0 Å². The van der Waals surface area contributed by atoms with Gasteiger partial charge in [0, 0.05) is 12.5 Å². The maximum absolute atomic E-state index is 10.8. The maximum Gasteiger partial charge on any atom is 1.00 e. The predicted molar refractivity (Wildman–Crippen MR) is 121 cm³/mol. The van der Waals surface area contributed by atoms with Crippen LogP contribution in [0, 0.1) is 0 Å². The van der Waals surface area contributed by atoms with Crippen molar-refractivity contribution in [2.24, 2.45) is 0 Å². The second kappa shape index (κ2) is 26.1. The van der Waals surface area contributed by atoms with Crippen LogP contribution in [0.1, 0.15) is 136 Å². The first-order valence-corrected chi connectivity index (χ1v) is 12.6. The summed E-state index contributed by atoms with van der Waals surface area (Å²) in [6.45, 7) is 7.30. The van der Waals surface area contributed by atoms with Gasteiger partial charge in [0.1, 0.15) is 0 Å². The van der Waals surface area contributed by atoms with E-state index in [1.54, 1.807) is 0 Å². The zero-order valence-electron chi connectivity index (χ0n) is 20.3. The number of aliphatic carboxylic acids is 1. The molecule has 0 aromatic rings. The largest absolute Gasteiger partial charge is 1.00 e. The van der Waals surface area contributed by atoms with Gasteiger partial charge in [-0.05, 0) is 32.4 Å². The predicted octanol–water partition coefficient (Wildman–Crippen LogP) is 3.49. The molecule has 0 aliphatic heterocycles. The van der Waals surface area contributed by atoms with Crippen LogP contribution in [0.2, 0.25) is 0 Å². The van der Waals surface area contributed by atoms with E-state index in [-0.39, 0.29) is 25.3 Å². The molecule has 0 saturated carbocycles. The van der Waals surface area contributed by atoms with Crippen molar-refractivity contribution in [3.8, 4) is 0 Å². The fourth-order valence-corrected chi connectivity index (χ4v) is 3.88. The van der Waals surface area contributed by atoms with Gasteiger partial charge in [0.25, 0.3) is 0 Å². The van der Waals surface area contributed by atoms with Gasteiger partial charge in [0.15, 0.2) is 0 Å². The van der Waals surface area contributed by atoms with Gasteiger partial charge in [-0.3, -0.25) is 0 Å².